The summed E-state index contributed by atoms with van der Waals surface area (Å²) in [6.07, 6.45) is -2.25. The summed E-state index contributed by atoms with van der Waals surface area (Å²) in [5.74, 6) is -2.44. The zero-order chi connectivity index (χ0) is 13.0. The van der Waals surface area contributed by atoms with Crippen molar-refractivity contribution in [3.8, 4) is 0 Å². The van der Waals surface area contributed by atoms with Crippen LogP contribution in [0.2, 0.25) is 0 Å². The number of carboxylic acids is 2. The van der Waals surface area contributed by atoms with Gasteiger partial charge in [0.25, 0.3) is 0 Å². The van der Waals surface area contributed by atoms with E-state index < -0.39 is 24.1 Å². The second kappa shape index (κ2) is 7.93. The van der Waals surface area contributed by atoms with Crippen LogP contribution >= 0.6 is 0 Å². The van der Waals surface area contributed by atoms with E-state index in [9.17, 15) is 9.59 Å². The summed E-state index contributed by atoms with van der Waals surface area (Å²) in [6, 6.07) is 8.12. The van der Waals surface area contributed by atoms with E-state index in [1.807, 2.05) is 12.1 Å². The molecule has 2 rings (SSSR count). The Morgan fingerprint density at radius 3 is 1.94 bits per heavy atom. The van der Waals surface area contributed by atoms with Crippen LogP contribution < -0.4 is 51.4 Å². The molecule has 0 amide bonds. The Labute approximate surface area is 148 Å². The molecule has 5 nitrogen and oxygen atoms in total. The predicted octanol–water partition coefficient (Wildman–Crippen LogP) is -1.90. The maximum Gasteiger partial charge on any atom is 1.00 e. The molecule has 1 aliphatic heterocycles. The van der Waals surface area contributed by atoms with E-state index in [2.05, 4.69) is 30.7 Å². The van der Waals surface area contributed by atoms with Gasteiger partial charge in [-0.25, -0.2) is 9.59 Å². The number of benzene rings is 1. The topological polar surface area (TPSA) is 87.1 Å². The number of carboxylic acid groups (broad SMARTS) is 2. The monoisotopic (exact) mass is 276 g/mol. The quantitative estimate of drug-likeness (QED) is 0.374. The Kier molecular flexibility index (Phi) is 7.77. The molecule has 2 atom stereocenters. The number of epoxide rings is 1. The summed E-state index contributed by atoms with van der Waals surface area (Å²) in [4.78, 5) is 19.8. The van der Waals surface area contributed by atoms with Crippen LogP contribution in [0.4, 0.5) is 0 Å². The molecule has 0 bridgehead atoms. The number of hydrogen-bond acceptors (Lipinski definition) is 3. The van der Waals surface area contributed by atoms with E-state index in [-0.39, 0.29) is 51.4 Å². The van der Waals surface area contributed by atoms with Crippen LogP contribution in [-0.2, 0) is 14.3 Å². The van der Waals surface area contributed by atoms with Gasteiger partial charge in [0.1, 0.15) is 0 Å². The van der Waals surface area contributed by atoms with Gasteiger partial charge in [-0.3, -0.25) is 0 Å². The molecule has 0 saturated carbocycles. The van der Waals surface area contributed by atoms with Gasteiger partial charge in [0, 0.05) is 0 Å². The number of rotatable bonds is 2. The van der Waals surface area contributed by atoms with Crippen molar-refractivity contribution < 1.29 is 75.9 Å². The summed E-state index contributed by atoms with van der Waals surface area (Å²) in [7, 11) is 0. The van der Waals surface area contributed by atoms with Crippen molar-refractivity contribution in [2.24, 2.45) is 0 Å². The van der Waals surface area contributed by atoms with Crippen LogP contribution in [-0.4, -0.2) is 34.4 Å². The average Bonchev–Trinajstić information content (AvgIpc) is 2.96. The first-order valence-electron chi connectivity index (χ1n) is 4.91. The van der Waals surface area contributed by atoms with E-state index in [0.29, 0.717) is 0 Å². The summed E-state index contributed by atoms with van der Waals surface area (Å²) >= 11 is 0. The molecule has 2 unspecified atom stereocenters. The van der Waals surface area contributed by atoms with Crippen LogP contribution in [0.15, 0.2) is 24.3 Å². The fraction of sp³-hybridized carbons (Fsp3) is 0.250. The SMILES string of the molecule is O=C(O)C1OC1C(=O)O.[CH2-]c1cccc(C)c1.[K+]. The zero-order valence-corrected chi connectivity index (χ0v) is 13.4. The van der Waals surface area contributed by atoms with Crippen molar-refractivity contribution in [1.82, 2.24) is 0 Å². The maximum absolute atomic E-state index is 9.89. The Balaban J connectivity index is 0.000000306. The first-order chi connectivity index (χ1) is 7.91. The molecule has 1 saturated heterocycles. The third-order valence-corrected chi connectivity index (χ3v) is 2.06. The average molecular weight is 276 g/mol. The summed E-state index contributed by atoms with van der Waals surface area (Å²) in [5, 5.41) is 16.2. The van der Waals surface area contributed by atoms with Crippen LogP contribution in [0.5, 0.6) is 0 Å². The Morgan fingerprint density at radius 2 is 1.72 bits per heavy atom. The minimum Gasteiger partial charge on any atom is -0.479 e. The Bertz CT molecular complexity index is 397. The largest absolute Gasteiger partial charge is 1.00 e. The third-order valence-electron chi connectivity index (χ3n) is 2.06. The van der Waals surface area contributed by atoms with Crippen LogP contribution in [0, 0.1) is 13.8 Å². The van der Waals surface area contributed by atoms with E-state index >= 15 is 0 Å². The summed E-state index contributed by atoms with van der Waals surface area (Å²) < 4.78 is 4.24. The third kappa shape index (κ3) is 5.99. The van der Waals surface area contributed by atoms with E-state index in [4.69, 9.17) is 10.2 Å². The first-order valence-corrected chi connectivity index (χ1v) is 4.91. The molecule has 1 aliphatic rings. The minimum atomic E-state index is -1.22. The standard InChI is InChI=1S/C8H9.C4H4O5.K/c1-7-4-3-5-8(2)6-7;5-3(6)1-2(9-1)4(7)8;/h3-6H,1H2,2H3;1-2H,(H,5,6)(H,7,8);/q-1;;+1. The van der Waals surface area contributed by atoms with Crippen molar-refractivity contribution in [1.29, 1.82) is 0 Å². The number of aliphatic carboxylic acids is 2. The van der Waals surface area contributed by atoms with Gasteiger partial charge in [-0.1, -0.05) is 13.0 Å². The number of carbonyl (C=O) groups is 2. The van der Waals surface area contributed by atoms with Crippen LogP contribution in [0.3, 0.4) is 0 Å². The normalized spacial score (nSPS) is 19.8. The number of hydrogen-bond donors (Lipinski definition) is 2. The van der Waals surface area contributed by atoms with Gasteiger partial charge in [0.2, 0.25) is 0 Å². The van der Waals surface area contributed by atoms with Gasteiger partial charge in [0.05, 0.1) is 0 Å². The van der Waals surface area contributed by atoms with Gasteiger partial charge >= 0.3 is 63.3 Å². The zero-order valence-electron chi connectivity index (χ0n) is 10.3. The van der Waals surface area contributed by atoms with Crippen LogP contribution in [0.1, 0.15) is 11.1 Å². The molecule has 0 spiro atoms. The van der Waals surface area contributed by atoms with Gasteiger partial charge < -0.3 is 14.9 Å². The molecule has 1 fully saturated rings. The smallest absolute Gasteiger partial charge is 0.479 e. The molecule has 92 valence electrons. The van der Waals surface area contributed by atoms with Crippen molar-refractivity contribution in [3.63, 3.8) is 0 Å². The molecular weight excluding hydrogens is 263 g/mol. The second-order valence-electron chi connectivity index (χ2n) is 3.64. The molecule has 0 radical (unpaired) electrons. The number of aryl methyl sites for hydroxylation is 1. The van der Waals surface area contributed by atoms with Crippen molar-refractivity contribution >= 4 is 11.9 Å². The van der Waals surface area contributed by atoms with Gasteiger partial charge in [-0.05, 0) is 0 Å². The van der Waals surface area contributed by atoms with Crippen molar-refractivity contribution in [2.45, 2.75) is 19.1 Å². The second-order valence-corrected chi connectivity index (χ2v) is 3.64. The van der Waals surface area contributed by atoms with Gasteiger partial charge in [-0.15, -0.1) is 11.6 Å². The van der Waals surface area contributed by atoms with E-state index in [0.717, 1.165) is 5.56 Å². The molecule has 2 N–H and O–H groups in total. The molecular formula is C12H13KO5. The molecule has 0 aromatic heterocycles. The summed E-state index contributed by atoms with van der Waals surface area (Å²) in [5.41, 5.74) is 2.36. The molecule has 0 aliphatic carbocycles. The Morgan fingerprint density at radius 1 is 1.22 bits per heavy atom. The molecule has 18 heavy (non-hydrogen) atoms. The Hall–Kier alpha value is -0.374. The molecule has 6 heteroatoms. The van der Waals surface area contributed by atoms with Crippen LogP contribution in [0.25, 0.3) is 0 Å². The van der Waals surface area contributed by atoms with Gasteiger partial charge in [-0.2, -0.15) is 24.6 Å². The van der Waals surface area contributed by atoms with Gasteiger partial charge in [0.15, 0.2) is 12.2 Å². The van der Waals surface area contributed by atoms with Crippen molar-refractivity contribution in [3.05, 3.63) is 42.3 Å². The maximum atomic E-state index is 9.89. The molecule has 1 aromatic carbocycles. The molecule has 1 heterocycles. The predicted molar refractivity (Wildman–Crippen MR) is 59.6 cm³/mol. The minimum absolute atomic E-state index is 0. The fourth-order valence-electron chi connectivity index (χ4n) is 1.20. The number of ether oxygens (including phenoxy) is 1. The van der Waals surface area contributed by atoms with E-state index in [1.165, 1.54) is 5.56 Å². The first kappa shape index (κ1) is 17.6. The van der Waals surface area contributed by atoms with Crippen molar-refractivity contribution in [2.75, 3.05) is 0 Å². The van der Waals surface area contributed by atoms with E-state index in [1.54, 1.807) is 0 Å². The summed E-state index contributed by atoms with van der Waals surface area (Å²) in [6.45, 7) is 5.85. The molecule has 1 aromatic rings. The fourth-order valence-corrected chi connectivity index (χ4v) is 1.20.